The number of hydrogen-bond donors (Lipinski definition) is 1. The van der Waals surface area contributed by atoms with E-state index in [9.17, 15) is 4.79 Å². The molecule has 0 saturated carbocycles. The van der Waals surface area contributed by atoms with Crippen LogP contribution in [0.3, 0.4) is 0 Å². The Balaban J connectivity index is 0.00000361. The molecule has 1 saturated heterocycles. The first kappa shape index (κ1) is 28.0. The van der Waals surface area contributed by atoms with E-state index in [-0.39, 0.29) is 42.0 Å². The fourth-order valence-corrected chi connectivity index (χ4v) is 4.90. The summed E-state index contributed by atoms with van der Waals surface area (Å²) in [4.78, 5) is 24.1. The van der Waals surface area contributed by atoms with Gasteiger partial charge in [-0.1, -0.05) is 18.5 Å². The van der Waals surface area contributed by atoms with Crippen LogP contribution in [0.15, 0.2) is 18.5 Å². The lowest BCUT2D eigenvalue weighted by atomic mass is 9.95. The molecule has 11 heteroatoms. The molecule has 0 aliphatic carbocycles. The van der Waals surface area contributed by atoms with Gasteiger partial charge < -0.3 is 20.1 Å². The predicted octanol–water partition coefficient (Wildman–Crippen LogP) is 4.72. The number of nitrogens with two attached hydrogens (primary N) is 1. The Hall–Kier alpha value is -2.56. The molecular weight excluding hydrogens is 505 g/mol. The second-order valence-corrected chi connectivity index (χ2v) is 9.60. The minimum absolute atomic E-state index is 0. The Morgan fingerprint density at radius 1 is 1.33 bits per heavy atom. The molecule has 0 spiro atoms. The van der Waals surface area contributed by atoms with E-state index in [2.05, 4.69) is 4.98 Å². The number of carbonyl (C=O) groups excluding carboxylic acids is 1. The zero-order chi connectivity index (χ0) is 25.4. The van der Waals surface area contributed by atoms with E-state index in [4.69, 9.17) is 31.8 Å². The van der Waals surface area contributed by atoms with Crippen LogP contribution >= 0.6 is 25.1 Å². The van der Waals surface area contributed by atoms with E-state index >= 15 is 4.39 Å². The van der Waals surface area contributed by atoms with Crippen molar-refractivity contribution in [3.8, 4) is 5.75 Å². The van der Waals surface area contributed by atoms with Gasteiger partial charge >= 0.3 is 0 Å². The van der Waals surface area contributed by atoms with E-state index in [1.807, 2.05) is 32.1 Å². The summed E-state index contributed by atoms with van der Waals surface area (Å²) in [5.41, 5.74) is 7.91. The summed E-state index contributed by atoms with van der Waals surface area (Å²) in [6, 6.07) is 1.52. The van der Waals surface area contributed by atoms with Crippen LogP contribution in [-0.2, 0) is 4.74 Å². The molecule has 1 aliphatic rings. The number of ether oxygens (including phenoxy) is 2. The van der Waals surface area contributed by atoms with Gasteiger partial charge in [-0.15, -0.1) is 0 Å². The number of methoxy groups -OCH3 is 1. The van der Waals surface area contributed by atoms with Crippen molar-refractivity contribution in [3.63, 3.8) is 0 Å². The number of imidazole rings is 1. The molecule has 1 aliphatic heterocycles. The van der Waals surface area contributed by atoms with Crippen LogP contribution < -0.4 is 10.5 Å². The molecule has 3 aromatic rings. The van der Waals surface area contributed by atoms with E-state index in [1.165, 1.54) is 6.07 Å². The Labute approximate surface area is 222 Å². The van der Waals surface area contributed by atoms with Gasteiger partial charge in [0.1, 0.15) is 28.5 Å². The van der Waals surface area contributed by atoms with Crippen molar-refractivity contribution in [2.75, 3.05) is 25.9 Å². The molecule has 2 aromatic heterocycles. The molecule has 1 fully saturated rings. The smallest absolute Gasteiger partial charge is 0.260 e. The number of carbonyl (C=O) groups is 1. The normalized spacial score (nSPS) is 16.8. The molecule has 196 valence electrons. The minimum atomic E-state index is -0.791. The van der Waals surface area contributed by atoms with Gasteiger partial charge in [-0.25, -0.2) is 14.4 Å². The highest BCUT2D eigenvalue weighted by Gasteiger charge is 2.33. The summed E-state index contributed by atoms with van der Waals surface area (Å²) in [6.45, 7) is 8.32. The minimum Gasteiger partial charge on any atom is -0.490 e. The average Bonchev–Trinajstić information content (AvgIpc) is 3.18. The van der Waals surface area contributed by atoms with Crippen molar-refractivity contribution in [3.05, 3.63) is 51.9 Å². The Morgan fingerprint density at radius 2 is 2.06 bits per heavy atom. The van der Waals surface area contributed by atoms with Gasteiger partial charge in [0, 0.05) is 44.1 Å². The molecule has 0 bridgehead atoms. The largest absolute Gasteiger partial charge is 0.490 e. The summed E-state index contributed by atoms with van der Waals surface area (Å²) in [7, 11) is 1.62. The number of nitrogens with zero attached hydrogens (tertiary/aromatic N) is 4. The standard InChI is InChI=1S/C25H31ClFN5O3.H2S/c1-13(2)35-22-17(14(3)24-30-15(4)21-23(28)29-8-10-32(21)24)11-18(26)20(27)19(22)25(33)31-9-6-7-16(12-31)34-5;/h8,10-11,13-14,16H,6-7,9,12H2,1-5H3,(H2,28,29);1H2/t14-,16+;/m0./s1. The maximum absolute atomic E-state index is 15.5. The van der Waals surface area contributed by atoms with Gasteiger partial charge in [0.05, 0.1) is 22.9 Å². The second-order valence-electron chi connectivity index (χ2n) is 9.19. The van der Waals surface area contributed by atoms with E-state index < -0.39 is 17.6 Å². The first-order valence-corrected chi connectivity index (χ1v) is 12.1. The molecule has 36 heavy (non-hydrogen) atoms. The number of hydrogen-bond acceptors (Lipinski definition) is 6. The van der Waals surface area contributed by atoms with Crippen molar-refractivity contribution >= 4 is 42.3 Å². The van der Waals surface area contributed by atoms with E-state index in [0.717, 1.165) is 12.8 Å². The summed E-state index contributed by atoms with van der Waals surface area (Å²) >= 11 is 6.36. The molecule has 4 rings (SSSR count). The van der Waals surface area contributed by atoms with Gasteiger partial charge in [0.2, 0.25) is 0 Å². The zero-order valence-corrected chi connectivity index (χ0v) is 22.9. The number of halogens is 2. The lowest BCUT2D eigenvalue weighted by Crippen LogP contribution is -2.43. The molecular formula is C25H33ClFN5O3S. The molecule has 8 nitrogen and oxygen atoms in total. The molecule has 0 radical (unpaired) electrons. The van der Waals surface area contributed by atoms with Crippen molar-refractivity contribution in [2.45, 2.75) is 58.7 Å². The highest BCUT2D eigenvalue weighted by atomic mass is 35.5. The number of anilines is 1. The number of amides is 1. The zero-order valence-electron chi connectivity index (χ0n) is 21.1. The van der Waals surface area contributed by atoms with Gasteiger partial charge in [-0.2, -0.15) is 13.5 Å². The van der Waals surface area contributed by atoms with Crippen LogP contribution in [-0.4, -0.2) is 57.6 Å². The van der Waals surface area contributed by atoms with Crippen LogP contribution in [0.25, 0.3) is 5.52 Å². The van der Waals surface area contributed by atoms with Crippen molar-refractivity contribution in [1.29, 1.82) is 0 Å². The molecule has 3 heterocycles. The van der Waals surface area contributed by atoms with Crippen LogP contribution in [0.5, 0.6) is 5.75 Å². The maximum Gasteiger partial charge on any atom is 0.260 e. The number of fused-ring (bicyclic) bond motifs is 1. The molecule has 1 amide bonds. The van der Waals surface area contributed by atoms with E-state index in [0.29, 0.717) is 41.5 Å². The number of likely N-dealkylation sites (tertiary alicyclic amines) is 1. The quantitative estimate of drug-likeness (QED) is 0.489. The third-order valence-corrected chi connectivity index (χ3v) is 6.68. The van der Waals surface area contributed by atoms with Gasteiger partial charge in [0.15, 0.2) is 5.82 Å². The fraction of sp³-hybridized carbons (Fsp3) is 0.480. The highest BCUT2D eigenvalue weighted by molar-refractivity contribution is 7.59. The lowest BCUT2D eigenvalue weighted by molar-refractivity contribution is 0.0263. The summed E-state index contributed by atoms with van der Waals surface area (Å²) in [5.74, 6) is -0.465. The molecule has 0 unspecified atom stereocenters. The third-order valence-electron chi connectivity index (χ3n) is 6.41. The van der Waals surface area contributed by atoms with Crippen molar-refractivity contribution in [1.82, 2.24) is 19.3 Å². The first-order chi connectivity index (χ1) is 16.6. The maximum atomic E-state index is 15.5. The summed E-state index contributed by atoms with van der Waals surface area (Å²) in [5, 5.41) is -0.148. The third kappa shape index (κ3) is 5.12. The van der Waals surface area contributed by atoms with Crippen LogP contribution in [0, 0.1) is 12.7 Å². The second kappa shape index (κ2) is 11.2. The van der Waals surface area contributed by atoms with Crippen molar-refractivity contribution in [2.24, 2.45) is 0 Å². The molecule has 2 N–H and O–H groups in total. The van der Waals surface area contributed by atoms with Crippen LogP contribution in [0.2, 0.25) is 5.02 Å². The number of aromatic nitrogens is 3. The summed E-state index contributed by atoms with van der Waals surface area (Å²) < 4.78 is 28.9. The highest BCUT2D eigenvalue weighted by Crippen LogP contribution is 2.40. The predicted molar refractivity (Wildman–Crippen MR) is 143 cm³/mol. The number of aryl methyl sites for hydroxylation is 1. The number of benzene rings is 1. The number of rotatable bonds is 6. The molecule has 2 atom stereocenters. The van der Waals surface area contributed by atoms with Crippen LogP contribution in [0.4, 0.5) is 10.2 Å². The number of piperidine rings is 1. The monoisotopic (exact) mass is 537 g/mol. The number of nitrogen functional groups attached to an aromatic ring is 1. The van der Waals surface area contributed by atoms with Gasteiger partial charge in [-0.05, 0) is 39.7 Å². The first-order valence-electron chi connectivity index (χ1n) is 11.7. The Bertz CT molecular complexity index is 1270. The fourth-order valence-electron chi connectivity index (χ4n) is 4.69. The van der Waals surface area contributed by atoms with Crippen molar-refractivity contribution < 1.29 is 18.7 Å². The summed E-state index contributed by atoms with van der Waals surface area (Å²) in [6.07, 6.45) is 4.59. The Morgan fingerprint density at radius 3 is 2.72 bits per heavy atom. The molecule has 1 aromatic carbocycles. The Kier molecular flexibility index (Phi) is 8.74. The van der Waals surface area contributed by atoms with Gasteiger partial charge in [0.25, 0.3) is 5.91 Å². The van der Waals surface area contributed by atoms with Gasteiger partial charge in [-0.3, -0.25) is 9.20 Å². The SMILES string of the molecule is CO[C@@H]1CCCN(C(=O)c2c(F)c(Cl)cc([C@H](C)c3nc(C)c4c(N)nccn34)c2OC(C)C)C1.S. The topological polar surface area (TPSA) is 95.0 Å². The average molecular weight is 538 g/mol. The van der Waals surface area contributed by atoms with Crippen LogP contribution in [0.1, 0.15) is 67.0 Å². The van der Waals surface area contributed by atoms with E-state index in [1.54, 1.807) is 24.4 Å². The lowest BCUT2D eigenvalue weighted by Gasteiger charge is -2.33.